The molecule has 2 aromatic heterocycles. The molecule has 16 heavy (non-hydrogen) atoms. The number of carbonyl (C=O) groups excluding carboxylic acids is 1. The highest BCUT2D eigenvalue weighted by molar-refractivity contribution is 6.99. The molecule has 0 saturated carbocycles. The molecule has 0 aliphatic heterocycles. The molecule has 0 radical (unpaired) electrons. The maximum absolute atomic E-state index is 11.8. The molecular weight excluding hydrogens is 224 g/mol. The summed E-state index contributed by atoms with van der Waals surface area (Å²) in [4.78, 5) is 11.8. The van der Waals surface area contributed by atoms with E-state index in [-0.39, 0.29) is 5.78 Å². The van der Waals surface area contributed by atoms with E-state index in [0.29, 0.717) is 12.1 Å². The van der Waals surface area contributed by atoms with Crippen molar-refractivity contribution in [1.82, 2.24) is 18.5 Å². The van der Waals surface area contributed by atoms with Gasteiger partial charge in [0.05, 0.1) is 30.0 Å². The van der Waals surface area contributed by atoms with Crippen LogP contribution in [0.4, 0.5) is 0 Å². The number of carbonyl (C=O) groups is 1. The Bertz CT molecular complexity index is 489. The molecule has 2 aromatic rings. The number of aryl methyl sites for hydroxylation is 2. The van der Waals surface area contributed by atoms with Gasteiger partial charge >= 0.3 is 0 Å². The highest BCUT2D eigenvalue weighted by Crippen LogP contribution is 2.08. The fourth-order valence-electron chi connectivity index (χ4n) is 1.45. The Kier molecular flexibility index (Phi) is 3.09. The van der Waals surface area contributed by atoms with Gasteiger partial charge in [-0.15, -0.1) is 0 Å². The molecule has 0 bridgehead atoms. The summed E-state index contributed by atoms with van der Waals surface area (Å²) in [7, 11) is 1.85. The van der Waals surface area contributed by atoms with Crippen LogP contribution in [0, 0.1) is 0 Å². The van der Waals surface area contributed by atoms with Crippen LogP contribution in [0.2, 0.25) is 0 Å². The highest BCUT2D eigenvalue weighted by Gasteiger charge is 2.13. The first-order valence-electron chi connectivity index (χ1n) is 5.03. The summed E-state index contributed by atoms with van der Waals surface area (Å²) in [6.45, 7) is 2.04. The molecule has 6 heteroatoms. The van der Waals surface area contributed by atoms with E-state index in [1.165, 1.54) is 6.20 Å². The second-order valence-corrected chi connectivity index (χ2v) is 4.05. The van der Waals surface area contributed by atoms with Gasteiger partial charge in [0.25, 0.3) is 0 Å². The molecular formula is C10H12N4OS. The Labute approximate surface area is 97.4 Å². The molecule has 84 valence electrons. The molecule has 0 spiro atoms. The summed E-state index contributed by atoms with van der Waals surface area (Å²) < 4.78 is 9.48. The quantitative estimate of drug-likeness (QED) is 0.750. The van der Waals surface area contributed by atoms with Crippen molar-refractivity contribution in [2.24, 2.45) is 7.05 Å². The third kappa shape index (κ3) is 2.16. The predicted octanol–water partition coefficient (Wildman–Crippen LogP) is 1.26. The van der Waals surface area contributed by atoms with E-state index >= 15 is 0 Å². The van der Waals surface area contributed by atoms with Crippen molar-refractivity contribution in [3.8, 4) is 0 Å². The summed E-state index contributed by atoms with van der Waals surface area (Å²) in [6.07, 6.45) is 2.71. The number of ketones is 1. The van der Waals surface area contributed by atoms with Crippen LogP contribution in [-0.2, 0) is 19.9 Å². The molecule has 0 amide bonds. The van der Waals surface area contributed by atoms with Gasteiger partial charge in [0.15, 0.2) is 5.78 Å². The van der Waals surface area contributed by atoms with Gasteiger partial charge in [0.2, 0.25) is 0 Å². The zero-order valence-electron chi connectivity index (χ0n) is 9.17. The lowest BCUT2D eigenvalue weighted by Gasteiger charge is -1.98. The Morgan fingerprint density at radius 2 is 2.38 bits per heavy atom. The minimum absolute atomic E-state index is 0.0144. The van der Waals surface area contributed by atoms with Crippen LogP contribution < -0.4 is 0 Å². The van der Waals surface area contributed by atoms with Gasteiger partial charge in [-0.2, -0.15) is 13.8 Å². The Hall–Kier alpha value is -1.56. The van der Waals surface area contributed by atoms with Crippen LogP contribution in [0.25, 0.3) is 0 Å². The number of rotatable bonds is 4. The van der Waals surface area contributed by atoms with Gasteiger partial charge in [-0.3, -0.25) is 9.48 Å². The first-order valence-corrected chi connectivity index (χ1v) is 5.76. The minimum atomic E-state index is -0.0144. The van der Waals surface area contributed by atoms with Gasteiger partial charge in [-0.1, -0.05) is 6.92 Å². The van der Waals surface area contributed by atoms with Crippen molar-refractivity contribution in [3.63, 3.8) is 0 Å². The van der Waals surface area contributed by atoms with Crippen molar-refractivity contribution in [3.05, 3.63) is 29.3 Å². The third-order valence-corrected chi connectivity index (χ3v) is 2.86. The van der Waals surface area contributed by atoms with Crippen LogP contribution >= 0.6 is 11.7 Å². The van der Waals surface area contributed by atoms with Crippen LogP contribution in [0.15, 0.2) is 12.3 Å². The Morgan fingerprint density at radius 3 is 2.94 bits per heavy atom. The summed E-state index contributed by atoms with van der Waals surface area (Å²) in [5, 5.41) is 4.29. The lowest BCUT2D eigenvalue weighted by atomic mass is 10.1. The highest BCUT2D eigenvalue weighted by atomic mass is 32.1. The van der Waals surface area contributed by atoms with Gasteiger partial charge in [-0.05, 0) is 12.5 Å². The lowest BCUT2D eigenvalue weighted by molar-refractivity contribution is 0.0987. The van der Waals surface area contributed by atoms with Crippen molar-refractivity contribution in [2.45, 2.75) is 19.8 Å². The lowest BCUT2D eigenvalue weighted by Crippen LogP contribution is -2.08. The van der Waals surface area contributed by atoms with Gasteiger partial charge in [-0.25, -0.2) is 0 Å². The maximum Gasteiger partial charge on any atom is 0.189 e. The van der Waals surface area contributed by atoms with E-state index in [4.69, 9.17) is 0 Å². The third-order valence-electron chi connectivity index (χ3n) is 2.38. The van der Waals surface area contributed by atoms with Crippen molar-refractivity contribution in [1.29, 1.82) is 0 Å². The van der Waals surface area contributed by atoms with Gasteiger partial charge in [0, 0.05) is 12.7 Å². The van der Waals surface area contributed by atoms with Crippen molar-refractivity contribution in [2.75, 3.05) is 0 Å². The van der Waals surface area contributed by atoms with E-state index in [9.17, 15) is 4.79 Å². The van der Waals surface area contributed by atoms with E-state index in [0.717, 1.165) is 29.5 Å². The van der Waals surface area contributed by atoms with Gasteiger partial charge < -0.3 is 0 Å². The molecule has 0 N–H and O–H groups in total. The molecule has 0 saturated heterocycles. The van der Waals surface area contributed by atoms with Crippen LogP contribution in [0.3, 0.4) is 0 Å². The molecule has 0 fully saturated rings. The van der Waals surface area contributed by atoms with Crippen LogP contribution in [0.1, 0.15) is 28.8 Å². The predicted molar refractivity (Wildman–Crippen MR) is 60.5 cm³/mol. The molecule has 0 atom stereocenters. The van der Waals surface area contributed by atoms with Gasteiger partial charge in [0.1, 0.15) is 5.69 Å². The smallest absolute Gasteiger partial charge is 0.189 e. The standard InChI is InChI=1S/C10H12N4OS/c1-3-7-4-8(14(2)12-7)5-10(15)9-6-11-16-13-9/h4,6H,3,5H2,1-2H3. The maximum atomic E-state index is 11.8. The molecule has 0 aliphatic rings. The monoisotopic (exact) mass is 236 g/mol. The van der Waals surface area contributed by atoms with E-state index < -0.39 is 0 Å². The largest absolute Gasteiger partial charge is 0.292 e. The summed E-state index contributed by atoms with van der Waals surface area (Å²) in [6, 6.07) is 1.96. The zero-order chi connectivity index (χ0) is 11.5. The topological polar surface area (TPSA) is 60.7 Å². The van der Waals surface area contributed by atoms with Crippen LogP contribution in [0.5, 0.6) is 0 Å². The Morgan fingerprint density at radius 1 is 1.56 bits per heavy atom. The first-order chi connectivity index (χ1) is 7.70. The molecule has 0 aromatic carbocycles. The average Bonchev–Trinajstić information content (AvgIpc) is 2.88. The number of hydrogen-bond donors (Lipinski definition) is 0. The molecule has 2 heterocycles. The van der Waals surface area contributed by atoms with E-state index in [1.54, 1.807) is 4.68 Å². The van der Waals surface area contributed by atoms with Crippen LogP contribution in [-0.4, -0.2) is 24.3 Å². The molecule has 0 unspecified atom stereocenters. The SMILES string of the molecule is CCc1cc(CC(=O)c2cnsn2)n(C)n1. The molecule has 5 nitrogen and oxygen atoms in total. The second-order valence-electron chi connectivity index (χ2n) is 3.50. The molecule has 2 rings (SSSR count). The van der Waals surface area contributed by atoms with Crippen molar-refractivity contribution < 1.29 is 4.79 Å². The first kappa shape index (κ1) is 10.9. The summed E-state index contributed by atoms with van der Waals surface area (Å²) >= 11 is 1.05. The fraction of sp³-hybridized carbons (Fsp3) is 0.400. The second kappa shape index (κ2) is 4.52. The number of hydrogen-bond acceptors (Lipinski definition) is 5. The summed E-state index contributed by atoms with van der Waals surface area (Å²) in [5.41, 5.74) is 2.35. The number of aromatic nitrogens is 4. The molecule has 0 aliphatic carbocycles. The van der Waals surface area contributed by atoms with E-state index in [1.807, 2.05) is 20.0 Å². The normalized spacial score (nSPS) is 10.6. The summed E-state index contributed by atoms with van der Waals surface area (Å²) in [5.74, 6) is -0.0144. The number of Topliss-reactive ketones (excluding diaryl/α,β-unsaturated/α-hetero) is 1. The number of nitrogens with zero attached hydrogens (tertiary/aromatic N) is 4. The van der Waals surface area contributed by atoms with E-state index in [2.05, 4.69) is 13.8 Å². The average molecular weight is 236 g/mol. The zero-order valence-corrected chi connectivity index (χ0v) is 9.99. The Balaban J connectivity index is 2.15. The fourth-order valence-corrected chi connectivity index (χ4v) is 1.88. The van der Waals surface area contributed by atoms with Crippen molar-refractivity contribution >= 4 is 17.5 Å². The minimum Gasteiger partial charge on any atom is -0.292 e.